The second-order valence-electron chi connectivity index (χ2n) is 6.00. The van der Waals surface area contributed by atoms with E-state index in [0.29, 0.717) is 16.7 Å². The van der Waals surface area contributed by atoms with E-state index in [1.807, 2.05) is 0 Å². The van der Waals surface area contributed by atoms with Crippen molar-refractivity contribution in [2.75, 3.05) is 18.0 Å². The second-order valence-corrected chi connectivity index (χ2v) is 6.79. The van der Waals surface area contributed by atoms with Crippen LogP contribution in [0.2, 0.25) is 0 Å². The minimum atomic E-state index is -0.0863. The molecule has 0 unspecified atom stereocenters. The van der Waals surface area contributed by atoms with Crippen molar-refractivity contribution in [3.63, 3.8) is 0 Å². The number of hydrogen-bond donors (Lipinski definition) is 0. The van der Waals surface area contributed by atoms with Crippen LogP contribution in [0.5, 0.6) is 0 Å². The fourth-order valence-corrected chi connectivity index (χ4v) is 3.86. The maximum absolute atomic E-state index is 11.9. The molecule has 2 aliphatic rings. The number of halogens is 1. The van der Waals surface area contributed by atoms with Gasteiger partial charge in [0.1, 0.15) is 4.47 Å². The minimum absolute atomic E-state index is 0.0863. The van der Waals surface area contributed by atoms with Gasteiger partial charge in [0.2, 0.25) is 0 Å². The van der Waals surface area contributed by atoms with Gasteiger partial charge in [-0.2, -0.15) is 5.10 Å². The number of aryl methyl sites for hydroxylation is 1. The Labute approximate surface area is 133 Å². The summed E-state index contributed by atoms with van der Waals surface area (Å²) in [4.78, 5) is 14.2. The van der Waals surface area contributed by atoms with Crippen LogP contribution in [0.4, 0.5) is 5.69 Å². The molecule has 1 saturated carbocycles. The molecule has 5 nitrogen and oxygen atoms in total. The lowest BCUT2D eigenvalue weighted by Crippen LogP contribution is -2.39. The van der Waals surface area contributed by atoms with Gasteiger partial charge in [-0.25, -0.2) is 4.68 Å². The molecule has 0 amide bonds. The van der Waals surface area contributed by atoms with E-state index in [9.17, 15) is 4.79 Å². The van der Waals surface area contributed by atoms with Gasteiger partial charge in [-0.1, -0.05) is 12.8 Å². The fourth-order valence-electron chi connectivity index (χ4n) is 3.25. The largest absolute Gasteiger partial charge is 0.375 e. The van der Waals surface area contributed by atoms with E-state index < -0.39 is 0 Å². The SMILES string of the molecule is Cn1ncc(N2CCC(OC3CCCC3)CC2)c(Br)c1=O. The number of piperidine rings is 1. The van der Waals surface area contributed by atoms with Gasteiger partial charge < -0.3 is 9.64 Å². The molecule has 21 heavy (non-hydrogen) atoms. The highest BCUT2D eigenvalue weighted by atomic mass is 79.9. The Morgan fingerprint density at radius 2 is 1.81 bits per heavy atom. The van der Waals surface area contributed by atoms with Gasteiger partial charge in [-0.05, 0) is 41.6 Å². The summed E-state index contributed by atoms with van der Waals surface area (Å²) in [5, 5.41) is 4.12. The molecule has 1 aliphatic heterocycles. The van der Waals surface area contributed by atoms with E-state index in [2.05, 4.69) is 25.9 Å². The summed E-state index contributed by atoms with van der Waals surface area (Å²) >= 11 is 3.41. The molecule has 6 heteroatoms. The van der Waals surface area contributed by atoms with Crippen molar-refractivity contribution in [2.45, 2.75) is 50.7 Å². The molecule has 1 aromatic heterocycles. The quantitative estimate of drug-likeness (QED) is 0.835. The Bertz CT molecular complexity index is 546. The van der Waals surface area contributed by atoms with Crippen LogP contribution < -0.4 is 10.5 Å². The topological polar surface area (TPSA) is 47.4 Å². The summed E-state index contributed by atoms with van der Waals surface area (Å²) in [6, 6.07) is 0. The van der Waals surface area contributed by atoms with Crippen molar-refractivity contribution in [3.8, 4) is 0 Å². The van der Waals surface area contributed by atoms with Crippen LogP contribution in [0.3, 0.4) is 0 Å². The molecule has 1 saturated heterocycles. The maximum atomic E-state index is 11.9. The van der Waals surface area contributed by atoms with Crippen LogP contribution in [0.15, 0.2) is 15.5 Å². The number of ether oxygens (including phenoxy) is 1. The highest BCUT2D eigenvalue weighted by Gasteiger charge is 2.26. The summed E-state index contributed by atoms with van der Waals surface area (Å²) in [6.45, 7) is 1.84. The van der Waals surface area contributed by atoms with Crippen molar-refractivity contribution in [2.24, 2.45) is 7.05 Å². The Morgan fingerprint density at radius 3 is 2.48 bits per heavy atom. The first-order chi connectivity index (χ1) is 10.1. The van der Waals surface area contributed by atoms with Gasteiger partial charge in [0.15, 0.2) is 0 Å². The average molecular weight is 356 g/mol. The molecule has 0 radical (unpaired) electrons. The molecule has 1 aliphatic carbocycles. The van der Waals surface area contributed by atoms with E-state index >= 15 is 0 Å². The van der Waals surface area contributed by atoms with Gasteiger partial charge >= 0.3 is 0 Å². The summed E-state index contributed by atoms with van der Waals surface area (Å²) in [5.74, 6) is 0. The summed E-state index contributed by atoms with van der Waals surface area (Å²) < 4.78 is 8.15. The average Bonchev–Trinajstić information content (AvgIpc) is 2.99. The number of nitrogens with zero attached hydrogens (tertiary/aromatic N) is 3. The third kappa shape index (κ3) is 3.31. The van der Waals surface area contributed by atoms with Crippen molar-refractivity contribution in [1.82, 2.24) is 9.78 Å². The third-order valence-electron chi connectivity index (χ3n) is 4.53. The molecule has 1 aromatic rings. The molecule has 2 fully saturated rings. The fraction of sp³-hybridized carbons (Fsp3) is 0.733. The number of rotatable bonds is 3. The van der Waals surface area contributed by atoms with Crippen LogP contribution in [0, 0.1) is 0 Å². The molecule has 3 rings (SSSR count). The van der Waals surface area contributed by atoms with Crippen LogP contribution in [-0.2, 0) is 11.8 Å². The number of aromatic nitrogens is 2. The van der Waals surface area contributed by atoms with Crippen LogP contribution in [0.1, 0.15) is 38.5 Å². The standard InChI is InChI=1S/C15H22BrN3O2/c1-18-15(20)14(16)13(10-17-18)19-8-6-12(7-9-19)21-11-4-2-3-5-11/h10-12H,2-9H2,1H3. The zero-order chi connectivity index (χ0) is 14.8. The predicted octanol–water partition coefficient (Wildman–Crippen LogP) is 2.47. The van der Waals surface area contributed by atoms with E-state index in [4.69, 9.17) is 4.74 Å². The van der Waals surface area contributed by atoms with E-state index in [0.717, 1.165) is 31.6 Å². The highest BCUT2D eigenvalue weighted by molar-refractivity contribution is 9.10. The molecular formula is C15H22BrN3O2. The lowest BCUT2D eigenvalue weighted by Gasteiger charge is -2.34. The predicted molar refractivity (Wildman–Crippen MR) is 85.8 cm³/mol. The first-order valence-corrected chi connectivity index (χ1v) is 8.56. The maximum Gasteiger partial charge on any atom is 0.282 e. The number of hydrogen-bond acceptors (Lipinski definition) is 4. The Morgan fingerprint density at radius 1 is 1.19 bits per heavy atom. The molecular weight excluding hydrogens is 334 g/mol. The molecule has 0 spiro atoms. The molecule has 0 aromatic carbocycles. The monoisotopic (exact) mass is 355 g/mol. The van der Waals surface area contributed by atoms with Gasteiger partial charge in [-0.15, -0.1) is 0 Å². The summed E-state index contributed by atoms with van der Waals surface area (Å²) in [7, 11) is 1.67. The lowest BCUT2D eigenvalue weighted by molar-refractivity contribution is -0.0194. The first kappa shape index (κ1) is 15.0. The van der Waals surface area contributed by atoms with Gasteiger partial charge in [0.25, 0.3) is 5.56 Å². The minimum Gasteiger partial charge on any atom is -0.375 e. The smallest absolute Gasteiger partial charge is 0.282 e. The molecule has 0 N–H and O–H groups in total. The highest BCUT2D eigenvalue weighted by Crippen LogP contribution is 2.28. The van der Waals surface area contributed by atoms with E-state index in [1.165, 1.54) is 30.4 Å². The molecule has 116 valence electrons. The molecule has 2 heterocycles. The first-order valence-electron chi connectivity index (χ1n) is 7.77. The van der Waals surface area contributed by atoms with Crippen molar-refractivity contribution >= 4 is 21.6 Å². The van der Waals surface area contributed by atoms with Gasteiger partial charge in [-0.3, -0.25) is 4.79 Å². The zero-order valence-corrected chi connectivity index (χ0v) is 14.0. The molecule has 0 bridgehead atoms. The van der Waals surface area contributed by atoms with Crippen molar-refractivity contribution in [3.05, 3.63) is 21.0 Å². The normalized spacial score (nSPS) is 21.1. The van der Waals surface area contributed by atoms with E-state index in [1.54, 1.807) is 13.2 Å². The number of anilines is 1. The van der Waals surface area contributed by atoms with Crippen LogP contribution in [-0.4, -0.2) is 35.1 Å². The summed E-state index contributed by atoms with van der Waals surface area (Å²) in [5.41, 5.74) is 0.814. The Balaban J connectivity index is 1.60. The van der Waals surface area contributed by atoms with E-state index in [-0.39, 0.29) is 5.56 Å². The zero-order valence-electron chi connectivity index (χ0n) is 12.4. The lowest BCUT2D eigenvalue weighted by atomic mass is 10.1. The van der Waals surface area contributed by atoms with Gasteiger partial charge in [0, 0.05) is 20.1 Å². The van der Waals surface area contributed by atoms with Gasteiger partial charge in [0.05, 0.1) is 24.1 Å². The second kappa shape index (κ2) is 6.48. The van der Waals surface area contributed by atoms with Crippen molar-refractivity contribution in [1.29, 1.82) is 0 Å². The van der Waals surface area contributed by atoms with Crippen molar-refractivity contribution < 1.29 is 4.74 Å². The Hall–Kier alpha value is -0.880. The summed E-state index contributed by atoms with van der Waals surface area (Å²) in [6.07, 6.45) is 9.77. The third-order valence-corrected chi connectivity index (χ3v) is 5.27. The molecule has 0 atom stereocenters. The van der Waals surface area contributed by atoms with Crippen LogP contribution in [0.25, 0.3) is 0 Å². The Kier molecular flexibility index (Phi) is 4.64. The van der Waals surface area contributed by atoms with Crippen LogP contribution >= 0.6 is 15.9 Å².